The quantitative estimate of drug-likeness (QED) is 0.634. The Morgan fingerprint density at radius 2 is 1.94 bits per heavy atom. The molecule has 0 bridgehead atoms. The maximum absolute atomic E-state index is 2.33. The van der Waals surface area contributed by atoms with Gasteiger partial charge in [-0.05, 0) is 26.0 Å². The number of quaternary nitrogens is 2. The lowest BCUT2D eigenvalue weighted by atomic mass is 10.2. The number of aryl methyl sites for hydroxylation is 1. The zero-order valence-corrected chi connectivity index (χ0v) is 10.8. The number of nitrogens with zero attached hydrogens (tertiary/aromatic N) is 1. The Morgan fingerprint density at radius 3 is 2.44 bits per heavy atom. The molecule has 16 heavy (non-hydrogen) atoms. The molecule has 0 amide bonds. The maximum atomic E-state index is 2.33. The van der Waals surface area contributed by atoms with E-state index < -0.39 is 0 Å². The molecule has 0 radical (unpaired) electrons. The van der Waals surface area contributed by atoms with Crippen LogP contribution >= 0.6 is 0 Å². The first-order valence-corrected chi connectivity index (χ1v) is 6.45. The summed E-state index contributed by atoms with van der Waals surface area (Å²) < 4.78 is 2.24. The lowest BCUT2D eigenvalue weighted by molar-refractivity contribution is -1.03. The number of rotatable bonds is 3. The van der Waals surface area contributed by atoms with Crippen LogP contribution < -0.4 is 9.80 Å². The number of nitrogens with one attached hydrogen (secondary N) is 2. The van der Waals surface area contributed by atoms with Crippen LogP contribution in [-0.4, -0.2) is 36.8 Å². The van der Waals surface area contributed by atoms with Gasteiger partial charge in [0.15, 0.2) is 0 Å². The predicted molar refractivity (Wildman–Crippen MR) is 65.6 cm³/mol. The summed E-state index contributed by atoms with van der Waals surface area (Å²) in [5.74, 6) is 0. The first-order valence-electron chi connectivity index (χ1n) is 6.45. The Bertz CT molecular complexity index is 322. The Kier molecular flexibility index (Phi) is 3.66. The van der Waals surface area contributed by atoms with Crippen LogP contribution in [0.3, 0.4) is 0 Å². The van der Waals surface area contributed by atoms with Crippen molar-refractivity contribution < 1.29 is 9.80 Å². The van der Waals surface area contributed by atoms with Crippen molar-refractivity contribution in [2.45, 2.75) is 26.4 Å². The molecule has 2 N–H and O–H groups in total. The first-order chi connectivity index (χ1) is 7.66. The number of hydrogen-bond acceptors (Lipinski definition) is 0. The van der Waals surface area contributed by atoms with Crippen molar-refractivity contribution in [2.75, 3.05) is 26.2 Å². The van der Waals surface area contributed by atoms with Gasteiger partial charge < -0.3 is 14.4 Å². The Hall–Kier alpha value is -0.800. The fraction of sp³-hybridized carbons (Fsp3) is 0.692. The second kappa shape index (κ2) is 5.02. The van der Waals surface area contributed by atoms with Crippen molar-refractivity contribution in [2.24, 2.45) is 7.05 Å². The van der Waals surface area contributed by atoms with Crippen LogP contribution in [0, 0.1) is 0 Å². The van der Waals surface area contributed by atoms with Gasteiger partial charge in [-0.3, -0.25) is 0 Å². The normalized spacial score (nSPS) is 26.2. The molecule has 0 unspecified atom stereocenters. The second-order valence-electron chi connectivity index (χ2n) is 5.35. The molecule has 1 aromatic heterocycles. The van der Waals surface area contributed by atoms with Crippen LogP contribution in [0.2, 0.25) is 0 Å². The van der Waals surface area contributed by atoms with E-state index in [4.69, 9.17) is 0 Å². The van der Waals surface area contributed by atoms with Crippen molar-refractivity contribution in [3.63, 3.8) is 0 Å². The molecule has 1 aliphatic rings. The van der Waals surface area contributed by atoms with Crippen molar-refractivity contribution in [3.8, 4) is 0 Å². The van der Waals surface area contributed by atoms with Crippen LogP contribution in [0.4, 0.5) is 0 Å². The van der Waals surface area contributed by atoms with Gasteiger partial charge in [-0.2, -0.15) is 0 Å². The summed E-state index contributed by atoms with van der Waals surface area (Å²) in [6.45, 7) is 11.1. The highest BCUT2D eigenvalue weighted by atomic mass is 15.3. The van der Waals surface area contributed by atoms with Crippen LogP contribution in [-0.2, 0) is 13.6 Å². The second-order valence-corrected chi connectivity index (χ2v) is 5.35. The summed E-state index contributed by atoms with van der Waals surface area (Å²) in [7, 11) is 2.14. The van der Waals surface area contributed by atoms with E-state index in [1.807, 2.05) is 0 Å². The number of aromatic nitrogens is 1. The Labute approximate surface area is 98.6 Å². The van der Waals surface area contributed by atoms with Crippen LogP contribution in [0.25, 0.3) is 0 Å². The van der Waals surface area contributed by atoms with Gasteiger partial charge in [0.2, 0.25) is 0 Å². The van der Waals surface area contributed by atoms with E-state index in [-0.39, 0.29) is 0 Å². The fourth-order valence-corrected chi connectivity index (χ4v) is 2.62. The van der Waals surface area contributed by atoms with E-state index in [1.165, 1.54) is 38.4 Å². The van der Waals surface area contributed by atoms with E-state index in [0.717, 1.165) is 6.04 Å². The summed E-state index contributed by atoms with van der Waals surface area (Å²) in [4.78, 5) is 3.52. The molecule has 0 atom stereocenters. The third-order valence-electron chi connectivity index (χ3n) is 3.90. The molecule has 2 rings (SSSR count). The molecular formula is C13H25N3+2. The zero-order valence-electron chi connectivity index (χ0n) is 10.8. The molecule has 1 saturated heterocycles. The van der Waals surface area contributed by atoms with Crippen molar-refractivity contribution in [1.29, 1.82) is 0 Å². The molecule has 1 aromatic rings. The van der Waals surface area contributed by atoms with E-state index in [2.05, 4.69) is 43.8 Å². The van der Waals surface area contributed by atoms with Crippen molar-refractivity contribution >= 4 is 0 Å². The van der Waals surface area contributed by atoms with E-state index in [1.54, 1.807) is 9.80 Å². The van der Waals surface area contributed by atoms with Gasteiger partial charge in [-0.25, -0.2) is 0 Å². The highest BCUT2D eigenvalue weighted by molar-refractivity contribution is 5.04. The van der Waals surface area contributed by atoms with E-state index in [0.29, 0.717) is 0 Å². The van der Waals surface area contributed by atoms with Crippen molar-refractivity contribution in [1.82, 2.24) is 4.57 Å². The van der Waals surface area contributed by atoms with Crippen LogP contribution in [0.1, 0.15) is 19.5 Å². The average Bonchev–Trinajstić information content (AvgIpc) is 2.65. The van der Waals surface area contributed by atoms with Gasteiger partial charge in [0.05, 0.1) is 11.7 Å². The molecule has 0 saturated carbocycles. The minimum absolute atomic E-state index is 0.789. The monoisotopic (exact) mass is 223 g/mol. The molecule has 0 aromatic carbocycles. The number of hydrogen-bond donors (Lipinski definition) is 2. The molecule has 0 aliphatic carbocycles. The highest BCUT2D eigenvalue weighted by Crippen LogP contribution is 1.96. The minimum Gasteiger partial charge on any atom is -0.350 e. The first kappa shape index (κ1) is 11.7. The fourth-order valence-electron chi connectivity index (χ4n) is 2.62. The number of piperazine rings is 1. The summed E-state index contributed by atoms with van der Waals surface area (Å²) in [5.41, 5.74) is 1.46. The summed E-state index contributed by atoms with van der Waals surface area (Å²) in [5, 5.41) is 0. The van der Waals surface area contributed by atoms with Gasteiger partial charge in [-0.15, -0.1) is 0 Å². The molecular weight excluding hydrogens is 198 g/mol. The maximum Gasteiger partial charge on any atom is 0.127 e. The van der Waals surface area contributed by atoms with Crippen LogP contribution in [0.15, 0.2) is 18.3 Å². The molecule has 2 heterocycles. The summed E-state index contributed by atoms with van der Waals surface area (Å²) >= 11 is 0. The molecule has 0 spiro atoms. The SMILES string of the molecule is CC(C)[NH+]1CC[NH+](Cc2cccn2C)CC1. The standard InChI is InChI=1S/C13H23N3/c1-12(2)16-9-7-15(8-10-16)11-13-5-4-6-14(13)3/h4-6,12H,7-11H2,1-3H3/p+2. The van der Waals surface area contributed by atoms with Gasteiger partial charge in [0.1, 0.15) is 32.7 Å². The molecule has 3 heteroatoms. The van der Waals surface area contributed by atoms with Crippen molar-refractivity contribution in [3.05, 3.63) is 24.0 Å². The minimum atomic E-state index is 0.789. The largest absolute Gasteiger partial charge is 0.350 e. The zero-order chi connectivity index (χ0) is 11.5. The topological polar surface area (TPSA) is 13.8 Å². The molecule has 90 valence electrons. The Balaban J connectivity index is 1.84. The van der Waals surface area contributed by atoms with Gasteiger partial charge in [0.25, 0.3) is 0 Å². The van der Waals surface area contributed by atoms with Gasteiger partial charge in [0, 0.05) is 13.2 Å². The van der Waals surface area contributed by atoms with Crippen LogP contribution in [0.5, 0.6) is 0 Å². The lowest BCUT2D eigenvalue weighted by Gasteiger charge is -2.32. The summed E-state index contributed by atoms with van der Waals surface area (Å²) in [6.07, 6.45) is 2.14. The highest BCUT2D eigenvalue weighted by Gasteiger charge is 2.24. The summed E-state index contributed by atoms with van der Waals surface area (Å²) in [6, 6.07) is 5.18. The third kappa shape index (κ3) is 2.66. The van der Waals surface area contributed by atoms with E-state index >= 15 is 0 Å². The van der Waals surface area contributed by atoms with Gasteiger partial charge in [-0.1, -0.05) is 0 Å². The molecule has 1 aliphatic heterocycles. The van der Waals surface area contributed by atoms with E-state index in [9.17, 15) is 0 Å². The predicted octanol–water partition coefficient (Wildman–Crippen LogP) is -1.28. The average molecular weight is 223 g/mol. The molecule has 3 nitrogen and oxygen atoms in total. The Morgan fingerprint density at radius 1 is 1.25 bits per heavy atom. The van der Waals surface area contributed by atoms with Gasteiger partial charge >= 0.3 is 0 Å². The lowest BCUT2D eigenvalue weighted by Crippen LogP contribution is -3.28. The smallest absolute Gasteiger partial charge is 0.127 e. The molecule has 1 fully saturated rings. The third-order valence-corrected chi connectivity index (χ3v) is 3.90.